The molecule has 0 bridgehead atoms. The van der Waals surface area contributed by atoms with Gasteiger partial charge in [0.15, 0.2) is 0 Å². The van der Waals surface area contributed by atoms with Crippen LogP contribution in [0.3, 0.4) is 0 Å². The van der Waals surface area contributed by atoms with Crippen molar-refractivity contribution in [3.63, 3.8) is 0 Å². The minimum absolute atomic E-state index is 0.677. The first-order valence-electron chi connectivity index (χ1n) is 7.47. The third kappa shape index (κ3) is 2.57. The van der Waals surface area contributed by atoms with E-state index < -0.39 is 0 Å². The molecule has 0 radical (unpaired) electrons. The predicted octanol–water partition coefficient (Wildman–Crippen LogP) is 1.82. The zero-order valence-electron chi connectivity index (χ0n) is 12.5. The first-order valence-corrected chi connectivity index (χ1v) is 8.34. The Morgan fingerprint density at radius 2 is 2.09 bits per heavy atom. The molecule has 0 amide bonds. The normalized spacial score (nSPS) is 16.5. The van der Waals surface area contributed by atoms with E-state index in [0.717, 1.165) is 44.2 Å². The van der Waals surface area contributed by atoms with E-state index in [-0.39, 0.29) is 0 Å². The number of hydrogen-bond donors (Lipinski definition) is 0. The molecule has 3 aromatic rings. The van der Waals surface area contributed by atoms with Crippen molar-refractivity contribution in [3.8, 4) is 0 Å². The molecule has 22 heavy (non-hydrogen) atoms. The zero-order chi connectivity index (χ0) is 14.9. The summed E-state index contributed by atoms with van der Waals surface area (Å²) in [5, 5.41) is 6.45. The van der Waals surface area contributed by atoms with Crippen molar-refractivity contribution < 1.29 is 0 Å². The average molecular weight is 314 g/mol. The molecule has 1 aliphatic rings. The van der Waals surface area contributed by atoms with Crippen LogP contribution in [-0.4, -0.2) is 50.7 Å². The van der Waals surface area contributed by atoms with E-state index in [1.807, 2.05) is 22.8 Å². The van der Waals surface area contributed by atoms with Gasteiger partial charge in [0.25, 0.3) is 5.78 Å². The third-order valence-corrected chi connectivity index (χ3v) is 4.88. The Labute approximate surface area is 133 Å². The van der Waals surface area contributed by atoms with Gasteiger partial charge in [0, 0.05) is 49.4 Å². The molecule has 6 nitrogen and oxygen atoms in total. The molecule has 3 aromatic heterocycles. The van der Waals surface area contributed by atoms with E-state index in [9.17, 15) is 0 Å². The summed E-state index contributed by atoms with van der Waals surface area (Å²) in [5.41, 5.74) is 0.983. The summed E-state index contributed by atoms with van der Waals surface area (Å²) in [6, 6.07) is 6.43. The van der Waals surface area contributed by atoms with Crippen LogP contribution in [0.2, 0.25) is 0 Å². The van der Waals surface area contributed by atoms with E-state index >= 15 is 0 Å². The average Bonchev–Trinajstić information content (AvgIpc) is 3.18. The number of fused-ring (bicyclic) bond motifs is 1. The monoisotopic (exact) mass is 314 g/mol. The van der Waals surface area contributed by atoms with E-state index in [1.54, 1.807) is 6.33 Å². The van der Waals surface area contributed by atoms with Crippen LogP contribution in [0.5, 0.6) is 0 Å². The lowest BCUT2D eigenvalue weighted by atomic mass is 10.3. The maximum atomic E-state index is 4.41. The second kappa shape index (κ2) is 5.66. The van der Waals surface area contributed by atoms with Crippen molar-refractivity contribution in [2.24, 2.45) is 0 Å². The summed E-state index contributed by atoms with van der Waals surface area (Å²) in [4.78, 5) is 14.9. The first-order chi connectivity index (χ1) is 10.8. The molecule has 0 aliphatic carbocycles. The Bertz CT molecular complexity index is 758. The number of aryl methyl sites for hydroxylation is 1. The van der Waals surface area contributed by atoms with E-state index in [2.05, 4.69) is 48.4 Å². The highest BCUT2D eigenvalue weighted by Gasteiger charge is 2.20. The lowest BCUT2D eigenvalue weighted by Gasteiger charge is -2.35. The minimum Gasteiger partial charge on any atom is -0.354 e. The highest BCUT2D eigenvalue weighted by atomic mass is 32.1. The summed E-state index contributed by atoms with van der Waals surface area (Å²) >= 11 is 1.83. The smallest absolute Gasteiger partial charge is 0.254 e. The van der Waals surface area contributed by atoms with Gasteiger partial charge in [-0.3, -0.25) is 4.90 Å². The van der Waals surface area contributed by atoms with Gasteiger partial charge in [-0.15, -0.1) is 11.3 Å². The molecule has 7 heteroatoms. The molecule has 0 saturated carbocycles. The lowest BCUT2D eigenvalue weighted by Crippen LogP contribution is -2.46. The second-order valence-electron chi connectivity index (χ2n) is 5.57. The fourth-order valence-corrected chi connectivity index (χ4v) is 3.64. The van der Waals surface area contributed by atoms with Gasteiger partial charge in [-0.25, -0.2) is 4.98 Å². The number of thiophene rings is 1. The number of hydrogen-bond acceptors (Lipinski definition) is 6. The van der Waals surface area contributed by atoms with Crippen LogP contribution in [0.25, 0.3) is 5.78 Å². The molecule has 0 spiro atoms. The fraction of sp³-hybridized carbons (Fsp3) is 0.400. The van der Waals surface area contributed by atoms with Gasteiger partial charge in [0.2, 0.25) is 0 Å². The van der Waals surface area contributed by atoms with E-state index in [0.29, 0.717) is 5.78 Å². The molecule has 4 rings (SSSR count). The van der Waals surface area contributed by atoms with Gasteiger partial charge in [-0.2, -0.15) is 14.6 Å². The van der Waals surface area contributed by atoms with Crippen LogP contribution in [0.4, 0.5) is 5.82 Å². The molecular weight excluding hydrogens is 296 g/mol. The van der Waals surface area contributed by atoms with Gasteiger partial charge in [-0.05, 0) is 18.4 Å². The maximum absolute atomic E-state index is 4.41. The van der Waals surface area contributed by atoms with Gasteiger partial charge in [0.1, 0.15) is 12.1 Å². The van der Waals surface area contributed by atoms with Crippen LogP contribution in [0, 0.1) is 6.92 Å². The van der Waals surface area contributed by atoms with Crippen LogP contribution >= 0.6 is 11.3 Å². The molecule has 1 fully saturated rings. The Balaban J connectivity index is 1.49. The quantitative estimate of drug-likeness (QED) is 0.738. The summed E-state index contributed by atoms with van der Waals surface area (Å²) in [5.74, 6) is 1.77. The van der Waals surface area contributed by atoms with Gasteiger partial charge < -0.3 is 4.90 Å². The predicted molar refractivity (Wildman–Crippen MR) is 87.3 cm³/mol. The number of aromatic nitrogens is 4. The molecule has 1 saturated heterocycles. The molecule has 0 aromatic carbocycles. The lowest BCUT2D eigenvalue weighted by molar-refractivity contribution is 0.251. The SMILES string of the molecule is Cc1cc(N2CCN(Cc3cccs3)CC2)n2ncnc2n1. The first kappa shape index (κ1) is 13.7. The molecule has 1 aliphatic heterocycles. The Morgan fingerprint density at radius 3 is 2.86 bits per heavy atom. The Hall–Kier alpha value is -1.99. The second-order valence-corrected chi connectivity index (χ2v) is 6.60. The van der Waals surface area contributed by atoms with Crippen molar-refractivity contribution in [1.29, 1.82) is 0 Å². The summed E-state index contributed by atoms with van der Waals surface area (Å²) in [6.07, 6.45) is 1.57. The van der Waals surface area contributed by atoms with E-state index in [1.165, 1.54) is 4.88 Å². The topological polar surface area (TPSA) is 49.6 Å². The third-order valence-electron chi connectivity index (χ3n) is 4.02. The number of nitrogens with zero attached hydrogens (tertiary/aromatic N) is 6. The van der Waals surface area contributed by atoms with Crippen LogP contribution in [0.1, 0.15) is 10.6 Å². The van der Waals surface area contributed by atoms with Gasteiger partial charge in [-0.1, -0.05) is 6.07 Å². The van der Waals surface area contributed by atoms with Crippen molar-refractivity contribution in [3.05, 3.63) is 40.5 Å². The minimum atomic E-state index is 0.677. The van der Waals surface area contributed by atoms with Gasteiger partial charge >= 0.3 is 0 Å². The fourth-order valence-electron chi connectivity index (χ4n) is 2.89. The number of rotatable bonds is 3. The summed E-state index contributed by atoms with van der Waals surface area (Å²) < 4.78 is 1.84. The maximum Gasteiger partial charge on any atom is 0.254 e. The van der Waals surface area contributed by atoms with E-state index in [4.69, 9.17) is 0 Å². The number of piperazine rings is 1. The van der Waals surface area contributed by atoms with Crippen LogP contribution in [0.15, 0.2) is 29.9 Å². The summed E-state index contributed by atoms with van der Waals surface area (Å²) in [6.45, 7) is 7.20. The highest BCUT2D eigenvalue weighted by molar-refractivity contribution is 7.09. The summed E-state index contributed by atoms with van der Waals surface area (Å²) in [7, 11) is 0. The molecule has 0 unspecified atom stereocenters. The van der Waals surface area contributed by atoms with Crippen molar-refractivity contribution >= 4 is 22.9 Å². The highest BCUT2D eigenvalue weighted by Crippen LogP contribution is 2.19. The van der Waals surface area contributed by atoms with Crippen molar-refractivity contribution in [2.45, 2.75) is 13.5 Å². The van der Waals surface area contributed by atoms with Crippen LogP contribution in [-0.2, 0) is 6.54 Å². The Morgan fingerprint density at radius 1 is 1.23 bits per heavy atom. The molecule has 114 valence electrons. The standard InChI is InChI=1S/C15H18N6S/c1-12-9-14(21-15(18-12)16-11-17-21)20-6-4-19(5-7-20)10-13-3-2-8-22-13/h2-3,8-9,11H,4-7,10H2,1H3. The van der Waals surface area contributed by atoms with Crippen molar-refractivity contribution in [1.82, 2.24) is 24.5 Å². The zero-order valence-corrected chi connectivity index (χ0v) is 13.3. The van der Waals surface area contributed by atoms with Gasteiger partial charge in [0.05, 0.1) is 0 Å². The largest absolute Gasteiger partial charge is 0.354 e. The molecular formula is C15H18N6S. The molecule has 0 N–H and O–H groups in total. The van der Waals surface area contributed by atoms with Crippen molar-refractivity contribution in [2.75, 3.05) is 31.1 Å². The van der Waals surface area contributed by atoms with Crippen LogP contribution < -0.4 is 4.90 Å². The Kier molecular flexibility index (Phi) is 3.51. The number of anilines is 1. The molecule has 0 atom stereocenters. The molecule has 4 heterocycles.